The first kappa shape index (κ1) is 9.17. The molecule has 1 atom stereocenters. The summed E-state index contributed by atoms with van der Waals surface area (Å²) in [4.78, 5) is 4.61. The van der Waals surface area contributed by atoms with E-state index in [1.807, 2.05) is 0 Å². The third-order valence-electron chi connectivity index (χ3n) is 1.85. The first-order chi connectivity index (χ1) is 6.66. The fraction of sp³-hybridized carbons (Fsp3) is 0.250. The third kappa shape index (κ3) is 1.61. The van der Waals surface area contributed by atoms with Crippen molar-refractivity contribution in [1.29, 1.82) is 0 Å². The number of aryl methyl sites for hydroxylation is 1. The van der Waals surface area contributed by atoms with Gasteiger partial charge in [-0.1, -0.05) is 11.3 Å². The van der Waals surface area contributed by atoms with Gasteiger partial charge in [0, 0.05) is 25.0 Å². The summed E-state index contributed by atoms with van der Waals surface area (Å²) in [7, 11) is 1.80. The summed E-state index contributed by atoms with van der Waals surface area (Å²) in [5.41, 5.74) is 6.22. The molecule has 2 aromatic rings. The van der Waals surface area contributed by atoms with E-state index in [1.165, 1.54) is 11.3 Å². The Kier molecular flexibility index (Phi) is 2.22. The summed E-state index contributed by atoms with van der Waals surface area (Å²) in [6.45, 7) is 0. The zero-order valence-corrected chi connectivity index (χ0v) is 8.40. The van der Waals surface area contributed by atoms with Gasteiger partial charge in [-0.15, -0.1) is 0 Å². The summed E-state index contributed by atoms with van der Waals surface area (Å²) in [6, 6.07) is 0. The minimum atomic E-state index is -0.682. The van der Waals surface area contributed by atoms with Crippen LogP contribution in [0.4, 0.5) is 5.13 Å². The molecule has 2 rings (SSSR count). The van der Waals surface area contributed by atoms with Crippen LogP contribution in [0.15, 0.2) is 18.6 Å². The predicted octanol–water partition coefficient (Wildman–Crippen LogP) is 0.540. The van der Waals surface area contributed by atoms with E-state index >= 15 is 0 Å². The first-order valence-electron chi connectivity index (χ1n) is 4.04. The van der Waals surface area contributed by atoms with Crippen molar-refractivity contribution in [3.8, 4) is 0 Å². The Morgan fingerprint density at radius 2 is 2.36 bits per heavy atom. The molecule has 5 nitrogen and oxygen atoms in total. The van der Waals surface area contributed by atoms with E-state index in [4.69, 9.17) is 5.73 Å². The van der Waals surface area contributed by atoms with E-state index in [1.54, 1.807) is 30.3 Å². The van der Waals surface area contributed by atoms with Crippen molar-refractivity contribution in [2.24, 2.45) is 7.05 Å². The molecule has 0 spiro atoms. The largest absolute Gasteiger partial charge is 0.383 e. The average Bonchev–Trinajstić information content (AvgIpc) is 2.73. The van der Waals surface area contributed by atoms with Crippen LogP contribution < -0.4 is 5.73 Å². The molecular formula is C8H10N4OS. The molecule has 0 radical (unpaired) electrons. The summed E-state index contributed by atoms with van der Waals surface area (Å²) in [6.07, 6.45) is 4.29. The van der Waals surface area contributed by atoms with Crippen LogP contribution in [0.2, 0.25) is 0 Å². The smallest absolute Gasteiger partial charge is 0.180 e. The molecule has 3 N–H and O–H groups in total. The number of anilines is 1. The van der Waals surface area contributed by atoms with Gasteiger partial charge in [0.25, 0.3) is 0 Å². The number of rotatable bonds is 2. The summed E-state index contributed by atoms with van der Waals surface area (Å²) >= 11 is 1.28. The van der Waals surface area contributed by atoms with Gasteiger partial charge >= 0.3 is 0 Å². The van der Waals surface area contributed by atoms with Crippen molar-refractivity contribution in [1.82, 2.24) is 14.8 Å². The molecule has 2 aromatic heterocycles. The average molecular weight is 210 g/mol. The van der Waals surface area contributed by atoms with Gasteiger partial charge in [-0.3, -0.25) is 4.68 Å². The number of aromatic nitrogens is 3. The molecule has 6 heteroatoms. The van der Waals surface area contributed by atoms with Gasteiger partial charge in [-0.2, -0.15) is 5.10 Å². The second-order valence-corrected chi connectivity index (χ2v) is 4.04. The quantitative estimate of drug-likeness (QED) is 0.758. The molecule has 0 amide bonds. The lowest BCUT2D eigenvalue weighted by atomic mass is 10.2. The van der Waals surface area contributed by atoms with Crippen LogP contribution in [0.5, 0.6) is 0 Å². The van der Waals surface area contributed by atoms with Gasteiger partial charge in [-0.25, -0.2) is 4.98 Å². The van der Waals surface area contributed by atoms with E-state index in [2.05, 4.69) is 10.1 Å². The molecule has 0 aliphatic heterocycles. The van der Waals surface area contributed by atoms with Crippen LogP contribution in [0.3, 0.4) is 0 Å². The van der Waals surface area contributed by atoms with Crippen LogP contribution in [-0.4, -0.2) is 19.9 Å². The molecule has 0 fully saturated rings. The van der Waals surface area contributed by atoms with Crippen LogP contribution in [0, 0.1) is 0 Å². The topological polar surface area (TPSA) is 77.0 Å². The molecule has 0 saturated heterocycles. The van der Waals surface area contributed by atoms with Crippen molar-refractivity contribution in [3.63, 3.8) is 0 Å². The summed E-state index contributed by atoms with van der Waals surface area (Å²) in [5, 5.41) is 14.3. The van der Waals surface area contributed by atoms with E-state index < -0.39 is 6.10 Å². The highest BCUT2D eigenvalue weighted by atomic mass is 32.1. The Balaban J connectivity index is 2.28. The molecule has 2 heterocycles. The van der Waals surface area contributed by atoms with Crippen molar-refractivity contribution < 1.29 is 5.11 Å². The van der Waals surface area contributed by atoms with Crippen LogP contribution in [-0.2, 0) is 7.05 Å². The molecule has 0 aliphatic rings. The van der Waals surface area contributed by atoms with E-state index in [-0.39, 0.29) is 0 Å². The Bertz CT molecular complexity index is 396. The summed E-state index contributed by atoms with van der Waals surface area (Å²) in [5.74, 6) is 0. The van der Waals surface area contributed by atoms with Crippen molar-refractivity contribution in [2.75, 3.05) is 5.73 Å². The molecule has 74 valence electrons. The number of nitrogens with two attached hydrogens (primary N) is 1. The molecule has 0 saturated carbocycles. The molecule has 0 aromatic carbocycles. The predicted molar refractivity (Wildman–Crippen MR) is 53.8 cm³/mol. The maximum atomic E-state index is 9.88. The minimum absolute atomic E-state index is 0.461. The second kappa shape index (κ2) is 3.39. The molecule has 0 aliphatic carbocycles. The van der Waals surface area contributed by atoms with E-state index in [9.17, 15) is 5.11 Å². The number of hydrogen-bond acceptors (Lipinski definition) is 5. The van der Waals surface area contributed by atoms with Gasteiger partial charge in [0.1, 0.15) is 6.10 Å². The number of nitrogens with zero attached hydrogens (tertiary/aromatic N) is 3. The fourth-order valence-corrected chi connectivity index (χ4v) is 1.87. The van der Waals surface area contributed by atoms with Gasteiger partial charge < -0.3 is 10.8 Å². The monoisotopic (exact) mass is 210 g/mol. The normalized spacial score (nSPS) is 13.0. The number of nitrogen functional groups attached to an aromatic ring is 1. The Hall–Kier alpha value is -1.40. The standard InChI is InChI=1S/C8H10N4OS/c1-12-4-5(2-11-12)7(13)6-3-10-8(9)14-6/h2-4,7,13H,1H3,(H2,9,10). The Morgan fingerprint density at radius 1 is 1.57 bits per heavy atom. The summed E-state index contributed by atoms with van der Waals surface area (Å²) < 4.78 is 1.64. The zero-order chi connectivity index (χ0) is 10.1. The Morgan fingerprint density at radius 3 is 2.86 bits per heavy atom. The van der Waals surface area contributed by atoms with Gasteiger partial charge in [-0.05, 0) is 0 Å². The number of hydrogen-bond donors (Lipinski definition) is 2. The number of aliphatic hydroxyl groups excluding tert-OH is 1. The van der Waals surface area contributed by atoms with Crippen molar-refractivity contribution in [3.05, 3.63) is 29.0 Å². The van der Waals surface area contributed by atoms with Crippen LogP contribution >= 0.6 is 11.3 Å². The molecule has 1 unspecified atom stereocenters. The fourth-order valence-electron chi connectivity index (χ4n) is 1.17. The minimum Gasteiger partial charge on any atom is -0.383 e. The van der Waals surface area contributed by atoms with E-state index in [0.29, 0.717) is 5.13 Å². The van der Waals surface area contributed by atoms with Gasteiger partial charge in [0.05, 0.1) is 11.1 Å². The van der Waals surface area contributed by atoms with Crippen molar-refractivity contribution >= 4 is 16.5 Å². The molecular weight excluding hydrogens is 200 g/mol. The van der Waals surface area contributed by atoms with Gasteiger partial charge in [0.2, 0.25) is 0 Å². The van der Waals surface area contributed by atoms with E-state index in [0.717, 1.165) is 10.4 Å². The highest BCUT2D eigenvalue weighted by Gasteiger charge is 2.14. The first-order valence-corrected chi connectivity index (χ1v) is 4.86. The lowest BCUT2D eigenvalue weighted by Crippen LogP contribution is -1.95. The SMILES string of the molecule is Cn1cc(C(O)c2cnc(N)s2)cn1. The lowest BCUT2D eigenvalue weighted by Gasteiger charge is -2.03. The maximum Gasteiger partial charge on any atom is 0.180 e. The molecule has 0 bridgehead atoms. The highest BCUT2D eigenvalue weighted by Crippen LogP contribution is 2.27. The number of aliphatic hydroxyl groups is 1. The van der Waals surface area contributed by atoms with Gasteiger partial charge in [0.15, 0.2) is 5.13 Å². The third-order valence-corrected chi connectivity index (χ3v) is 2.73. The number of thiazole rings is 1. The highest BCUT2D eigenvalue weighted by molar-refractivity contribution is 7.15. The second-order valence-electron chi connectivity index (χ2n) is 2.95. The van der Waals surface area contributed by atoms with Crippen LogP contribution in [0.1, 0.15) is 16.5 Å². The molecule has 14 heavy (non-hydrogen) atoms. The lowest BCUT2D eigenvalue weighted by molar-refractivity contribution is 0.224. The zero-order valence-electron chi connectivity index (χ0n) is 7.58. The Labute approximate surface area is 84.8 Å². The maximum absolute atomic E-state index is 9.88. The van der Waals surface area contributed by atoms with Crippen LogP contribution in [0.25, 0.3) is 0 Å². The van der Waals surface area contributed by atoms with Crippen molar-refractivity contribution in [2.45, 2.75) is 6.10 Å².